The molecule has 1 aliphatic rings. The summed E-state index contributed by atoms with van der Waals surface area (Å²) >= 11 is 0. The van der Waals surface area contributed by atoms with Crippen LogP contribution in [0.5, 0.6) is 5.75 Å². The third-order valence-corrected chi connectivity index (χ3v) is 4.44. The number of esters is 1. The zero-order valence-corrected chi connectivity index (χ0v) is 14.8. The Bertz CT molecular complexity index is 865. The second-order valence-electron chi connectivity index (χ2n) is 6.20. The first-order valence-corrected chi connectivity index (χ1v) is 8.52. The summed E-state index contributed by atoms with van der Waals surface area (Å²) in [4.78, 5) is 25.1. The lowest BCUT2D eigenvalue weighted by Gasteiger charge is -2.17. The Morgan fingerprint density at radius 2 is 1.96 bits per heavy atom. The van der Waals surface area contributed by atoms with E-state index in [2.05, 4.69) is 0 Å². The summed E-state index contributed by atoms with van der Waals surface area (Å²) in [6, 6.07) is 8.54. The van der Waals surface area contributed by atoms with Gasteiger partial charge in [0.05, 0.1) is 17.6 Å². The summed E-state index contributed by atoms with van der Waals surface area (Å²) in [5.41, 5.74) is 0.914. The lowest BCUT2D eigenvalue weighted by atomic mass is 10.1. The van der Waals surface area contributed by atoms with Crippen LogP contribution in [0.1, 0.15) is 28.8 Å². The lowest BCUT2D eigenvalue weighted by Crippen LogP contribution is -2.19. The van der Waals surface area contributed by atoms with Gasteiger partial charge >= 0.3 is 5.97 Å². The molecule has 0 radical (unpaired) electrons. The molecule has 1 heterocycles. The quantitative estimate of drug-likeness (QED) is 0.436. The molecule has 0 bridgehead atoms. The highest BCUT2D eigenvalue weighted by atomic mass is 19.1. The van der Waals surface area contributed by atoms with Gasteiger partial charge < -0.3 is 14.4 Å². The first-order valence-electron chi connectivity index (χ1n) is 8.52. The van der Waals surface area contributed by atoms with E-state index in [0.717, 1.165) is 25.9 Å². The molecule has 0 aromatic heterocycles. The van der Waals surface area contributed by atoms with Crippen molar-refractivity contribution in [3.8, 4) is 5.75 Å². The van der Waals surface area contributed by atoms with Crippen molar-refractivity contribution in [2.75, 3.05) is 25.1 Å². The van der Waals surface area contributed by atoms with Crippen molar-refractivity contribution in [1.82, 2.24) is 0 Å². The molecular formula is C19H19FN2O5. The molecule has 1 fully saturated rings. The topological polar surface area (TPSA) is 81.9 Å². The summed E-state index contributed by atoms with van der Waals surface area (Å²) in [7, 11) is 1.36. The maximum absolute atomic E-state index is 13.7. The van der Waals surface area contributed by atoms with Gasteiger partial charge in [0.1, 0.15) is 12.3 Å². The summed E-state index contributed by atoms with van der Waals surface area (Å²) in [6.07, 6.45) is 1.97. The highest BCUT2D eigenvalue weighted by Crippen LogP contribution is 2.32. The number of carbonyl (C=O) groups excluding carboxylic acids is 1. The number of carbonyl (C=O) groups is 1. The van der Waals surface area contributed by atoms with Crippen molar-refractivity contribution in [2.24, 2.45) is 0 Å². The van der Waals surface area contributed by atoms with Crippen molar-refractivity contribution in [3.63, 3.8) is 0 Å². The molecule has 0 N–H and O–H groups in total. The zero-order valence-electron chi connectivity index (χ0n) is 14.8. The van der Waals surface area contributed by atoms with Gasteiger partial charge in [-0.1, -0.05) is 6.07 Å². The van der Waals surface area contributed by atoms with E-state index in [0.29, 0.717) is 11.3 Å². The van der Waals surface area contributed by atoms with Gasteiger partial charge in [-0.25, -0.2) is 9.18 Å². The zero-order chi connectivity index (χ0) is 19.4. The van der Waals surface area contributed by atoms with Gasteiger partial charge in [-0.05, 0) is 42.7 Å². The summed E-state index contributed by atoms with van der Waals surface area (Å²) in [6.45, 7) is 1.36. The molecule has 3 rings (SSSR count). The van der Waals surface area contributed by atoms with Crippen LogP contribution in [0.3, 0.4) is 0 Å². The molecule has 0 saturated carbocycles. The fraction of sp³-hybridized carbons (Fsp3) is 0.316. The number of methoxy groups -OCH3 is 1. The van der Waals surface area contributed by atoms with Crippen LogP contribution in [0.25, 0.3) is 0 Å². The Balaban J connectivity index is 1.73. The number of halogens is 1. The third-order valence-electron chi connectivity index (χ3n) is 4.44. The molecule has 1 saturated heterocycles. The van der Waals surface area contributed by atoms with E-state index in [1.54, 1.807) is 12.1 Å². The number of anilines is 1. The minimum atomic E-state index is -0.706. The van der Waals surface area contributed by atoms with Crippen molar-refractivity contribution in [2.45, 2.75) is 19.4 Å². The van der Waals surface area contributed by atoms with Crippen LogP contribution in [0, 0.1) is 15.9 Å². The molecule has 0 aliphatic carbocycles. The summed E-state index contributed by atoms with van der Waals surface area (Å²) in [5.74, 6) is -1.17. The minimum Gasteiger partial charge on any atom is -0.494 e. The van der Waals surface area contributed by atoms with E-state index >= 15 is 0 Å². The molecule has 142 valence electrons. The molecule has 0 amide bonds. The van der Waals surface area contributed by atoms with E-state index in [-0.39, 0.29) is 23.6 Å². The second kappa shape index (κ2) is 8.03. The third kappa shape index (κ3) is 4.16. The van der Waals surface area contributed by atoms with Crippen LogP contribution in [0.2, 0.25) is 0 Å². The van der Waals surface area contributed by atoms with Crippen molar-refractivity contribution in [3.05, 3.63) is 63.5 Å². The fourth-order valence-electron chi connectivity index (χ4n) is 3.05. The number of hydrogen-bond acceptors (Lipinski definition) is 6. The number of rotatable bonds is 6. The molecule has 2 aromatic rings. The second-order valence-corrected chi connectivity index (χ2v) is 6.20. The van der Waals surface area contributed by atoms with Gasteiger partial charge in [-0.3, -0.25) is 10.1 Å². The SMILES string of the molecule is COc1ccc(COC(=O)c2ccc(N3CCCC3)c([N+](=O)[O-])c2)cc1F. The van der Waals surface area contributed by atoms with Gasteiger partial charge in [-0.15, -0.1) is 0 Å². The molecule has 1 aliphatic heterocycles. The first kappa shape index (κ1) is 18.6. The van der Waals surface area contributed by atoms with Crippen LogP contribution >= 0.6 is 0 Å². The smallest absolute Gasteiger partial charge is 0.338 e. The lowest BCUT2D eigenvalue weighted by molar-refractivity contribution is -0.384. The number of benzene rings is 2. The number of nitrogens with zero attached hydrogens (tertiary/aromatic N) is 2. The van der Waals surface area contributed by atoms with E-state index in [9.17, 15) is 19.3 Å². The maximum Gasteiger partial charge on any atom is 0.338 e. The average Bonchev–Trinajstić information content (AvgIpc) is 3.20. The predicted octanol–water partition coefficient (Wildman–Crippen LogP) is 3.70. The normalized spacial score (nSPS) is 13.5. The average molecular weight is 374 g/mol. The van der Waals surface area contributed by atoms with Crippen LogP contribution < -0.4 is 9.64 Å². The Kier molecular flexibility index (Phi) is 5.54. The fourth-order valence-corrected chi connectivity index (χ4v) is 3.05. The van der Waals surface area contributed by atoms with Gasteiger partial charge in [0.25, 0.3) is 5.69 Å². The number of hydrogen-bond donors (Lipinski definition) is 0. The van der Waals surface area contributed by atoms with Crippen LogP contribution in [-0.4, -0.2) is 31.1 Å². The van der Waals surface area contributed by atoms with Crippen molar-refractivity contribution < 1.29 is 23.6 Å². The highest BCUT2D eigenvalue weighted by molar-refractivity contribution is 5.91. The van der Waals surface area contributed by atoms with Crippen LogP contribution in [-0.2, 0) is 11.3 Å². The van der Waals surface area contributed by atoms with E-state index in [1.807, 2.05) is 4.90 Å². The van der Waals surface area contributed by atoms with Gasteiger partial charge in [-0.2, -0.15) is 0 Å². The van der Waals surface area contributed by atoms with Gasteiger partial charge in [0.15, 0.2) is 11.6 Å². The van der Waals surface area contributed by atoms with Crippen molar-refractivity contribution >= 4 is 17.3 Å². The van der Waals surface area contributed by atoms with E-state index < -0.39 is 16.7 Å². The Hall–Kier alpha value is -3.16. The molecule has 0 spiro atoms. The first-order chi connectivity index (χ1) is 13.0. The van der Waals surface area contributed by atoms with Crippen LogP contribution in [0.15, 0.2) is 36.4 Å². The Morgan fingerprint density at radius 3 is 2.59 bits per heavy atom. The molecule has 7 nitrogen and oxygen atoms in total. The standard InChI is InChI=1S/C19H19FN2O5/c1-26-18-7-4-13(10-15(18)20)12-27-19(23)14-5-6-16(17(11-14)22(24)25)21-8-2-3-9-21/h4-7,10-11H,2-3,8-9,12H2,1H3. The maximum atomic E-state index is 13.7. The number of nitro groups is 1. The predicted molar refractivity (Wildman–Crippen MR) is 96.6 cm³/mol. The van der Waals surface area contributed by atoms with E-state index in [4.69, 9.17) is 9.47 Å². The molecule has 0 atom stereocenters. The molecule has 27 heavy (non-hydrogen) atoms. The Labute approximate surface area is 155 Å². The monoisotopic (exact) mass is 374 g/mol. The number of nitro benzene ring substituents is 1. The summed E-state index contributed by atoms with van der Waals surface area (Å²) < 4.78 is 23.7. The summed E-state index contributed by atoms with van der Waals surface area (Å²) in [5, 5.41) is 11.4. The minimum absolute atomic E-state index is 0.0821. The van der Waals surface area contributed by atoms with Crippen molar-refractivity contribution in [1.29, 1.82) is 0 Å². The van der Waals surface area contributed by atoms with Gasteiger partial charge in [0, 0.05) is 19.2 Å². The van der Waals surface area contributed by atoms with Gasteiger partial charge in [0.2, 0.25) is 0 Å². The molecule has 0 unspecified atom stereocenters. The number of ether oxygens (including phenoxy) is 2. The molecular weight excluding hydrogens is 355 g/mol. The Morgan fingerprint density at radius 1 is 1.22 bits per heavy atom. The molecule has 8 heteroatoms. The highest BCUT2D eigenvalue weighted by Gasteiger charge is 2.24. The van der Waals surface area contributed by atoms with Crippen LogP contribution in [0.4, 0.5) is 15.8 Å². The van der Waals surface area contributed by atoms with E-state index in [1.165, 1.54) is 31.4 Å². The molecule has 2 aromatic carbocycles. The largest absolute Gasteiger partial charge is 0.494 e.